The predicted molar refractivity (Wildman–Crippen MR) is 80.5 cm³/mol. The molecule has 0 aliphatic carbocycles. The first kappa shape index (κ1) is 18.0. The predicted octanol–water partition coefficient (Wildman–Crippen LogP) is 1.58. The standard InChI is InChI=1S/C13H19F3N4O2S/c1-17-12(20-3-4-22-9(6-20)7-21-2)18-5-11-19-10(8-23-11)13(14,15)16/h8-9H,3-7H2,1-2H3,(H,17,18). The Kier molecular flexibility index (Phi) is 6.19. The number of hydrogen-bond donors (Lipinski definition) is 1. The Hall–Kier alpha value is -1.39. The van der Waals surface area contributed by atoms with Crippen LogP contribution in [0.3, 0.4) is 0 Å². The van der Waals surface area contributed by atoms with Gasteiger partial charge in [-0.3, -0.25) is 4.99 Å². The molecule has 1 aromatic heterocycles. The van der Waals surface area contributed by atoms with Crippen LogP contribution < -0.4 is 5.32 Å². The molecule has 0 saturated carbocycles. The Labute approximate surface area is 136 Å². The number of nitrogens with zero attached hydrogens (tertiary/aromatic N) is 3. The molecule has 0 aromatic carbocycles. The van der Waals surface area contributed by atoms with Gasteiger partial charge in [-0.05, 0) is 0 Å². The average Bonchev–Trinajstić information content (AvgIpc) is 2.98. The lowest BCUT2D eigenvalue weighted by Crippen LogP contribution is -2.51. The number of guanidine groups is 1. The van der Waals surface area contributed by atoms with E-state index >= 15 is 0 Å². The summed E-state index contributed by atoms with van der Waals surface area (Å²) >= 11 is 0.972. The van der Waals surface area contributed by atoms with Crippen LogP contribution in [-0.2, 0) is 22.2 Å². The number of aromatic nitrogens is 1. The summed E-state index contributed by atoms with van der Waals surface area (Å²) in [6, 6.07) is 0. The molecule has 0 bridgehead atoms. The normalized spacial score (nSPS) is 20.0. The van der Waals surface area contributed by atoms with Crippen molar-refractivity contribution >= 4 is 17.3 Å². The number of rotatable bonds is 4. The van der Waals surface area contributed by atoms with Crippen LogP contribution in [0.1, 0.15) is 10.7 Å². The van der Waals surface area contributed by atoms with Gasteiger partial charge < -0.3 is 19.7 Å². The summed E-state index contributed by atoms with van der Waals surface area (Å²) < 4.78 is 48.3. The van der Waals surface area contributed by atoms with Crippen LogP contribution in [-0.4, -0.2) is 62.4 Å². The molecule has 1 fully saturated rings. The van der Waals surface area contributed by atoms with E-state index in [0.29, 0.717) is 37.3 Å². The van der Waals surface area contributed by atoms with Crippen LogP contribution in [0.4, 0.5) is 13.2 Å². The maximum absolute atomic E-state index is 12.5. The van der Waals surface area contributed by atoms with Crippen molar-refractivity contribution in [2.24, 2.45) is 4.99 Å². The molecule has 1 unspecified atom stereocenters. The van der Waals surface area contributed by atoms with Crippen LogP contribution in [0.25, 0.3) is 0 Å². The molecule has 0 amide bonds. The number of morpholine rings is 1. The van der Waals surface area contributed by atoms with Gasteiger partial charge in [-0.2, -0.15) is 13.2 Å². The van der Waals surface area contributed by atoms with E-state index in [1.807, 2.05) is 4.90 Å². The van der Waals surface area contributed by atoms with E-state index in [9.17, 15) is 13.2 Å². The third-order valence-corrected chi connectivity index (χ3v) is 4.09. The van der Waals surface area contributed by atoms with Crippen molar-refractivity contribution in [2.45, 2.75) is 18.8 Å². The molecule has 1 atom stereocenters. The number of ether oxygens (including phenoxy) is 2. The SMILES string of the molecule is CN=C(NCc1nc(C(F)(F)F)cs1)N1CCOC(COC)C1. The molecule has 0 spiro atoms. The zero-order chi connectivity index (χ0) is 16.9. The molecule has 1 aromatic rings. The van der Waals surface area contributed by atoms with Gasteiger partial charge in [-0.1, -0.05) is 0 Å². The van der Waals surface area contributed by atoms with Gasteiger partial charge in [-0.15, -0.1) is 11.3 Å². The fourth-order valence-corrected chi connectivity index (χ4v) is 2.95. The fourth-order valence-electron chi connectivity index (χ4n) is 2.21. The molecule has 130 valence electrons. The van der Waals surface area contributed by atoms with Crippen molar-refractivity contribution in [3.63, 3.8) is 0 Å². The summed E-state index contributed by atoms with van der Waals surface area (Å²) in [5.41, 5.74) is -0.860. The second-order valence-electron chi connectivity index (χ2n) is 4.92. The highest BCUT2D eigenvalue weighted by Crippen LogP contribution is 2.29. The summed E-state index contributed by atoms with van der Waals surface area (Å²) in [4.78, 5) is 9.75. The average molecular weight is 352 g/mol. The van der Waals surface area contributed by atoms with Gasteiger partial charge in [0, 0.05) is 32.6 Å². The summed E-state index contributed by atoms with van der Waals surface area (Å²) in [7, 11) is 3.24. The Balaban J connectivity index is 1.91. The zero-order valence-corrected chi connectivity index (χ0v) is 13.7. The summed E-state index contributed by atoms with van der Waals surface area (Å²) in [5.74, 6) is 0.609. The summed E-state index contributed by atoms with van der Waals surface area (Å²) in [6.07, 6.45) is -4.46. The van der Waals surface area contributed by atoms with Crippen LogP contribution in [0.5, 0.6) is 0 Å². The van der Waals surface area contributed by atoms with Gasteiger partial charge in [0.1, 0.15) is 5.01 Å². The van der Waals surface area contributed by atoms with Crippen molar-refractivity contribution < 1.29 is 22.6 Å². The minimum Gasteiger partial charge on any atom is -0.382 e. The number of aliphatic imine (C=N–C) groups is 1. The molecule has 2 heterocycles. The van der Waals surface area contributed by atoms with Crippen molar-refractivity contribution in [2.75, 3.05) is 40.5 Å². The van der Waals surface area contributed by atoms with Crippen LogP contribution in [0.15, 0.2) is 10.4 Å². The minimum atomic E-state index is -4.41. The summed E-state index contributed by atoms with van der Waals surface area (Å²) in [6.45, 7) is 2.49. The Morgan fingerprint density at radius 1 is 1.61 bits per heavy atom. The van der Waals surface area contributed by atoms with Crippen LogP contribution in [0, 0.1) is 0 Å². The lowest BCUT2D eigenvalue weighted by atomic mass is 10.3. The molecular weight excluding hydrogens is 333 g/mol. The molecule has 0 radical (unpaired) electrons. The maximum atomic E-state index is 12.5. The van der Waals surface area contributed by atoms with E-state index in [2.05, 4.69) is 15.3 Å². The first-order valence-corrected chi connectivity index (χ1v) is 7.89. The number of hydrogen-bond acceptors (Lipinski definition) is 5. The Morgan fingerprint density at radius 3 is 3.00 bits per heavy atom. The molecule has 2 rings (SSSR count). The van der Waals surface area contributed by atoms with Gasteiger partial charge in [0.25, 0.3) is 0 Å². The topological polar surface area (TPSA) is 59.0 Å². The number of nitrogens with one attached hydrogen (secondary N) is 1. The van der Waals surface area contributed by atoms with Crippen molar-refractivity contribution in [1.29, 1.82) is 0 Å². The molecule has 6 nitrogen and oxygen atoms in total. The molecule has 1 saturated heterocycles. The molecule has 23 heavy (non-hydrogen) atoms. The van der Waals surface area contributed by atoms with Gasteiger partial charge in [0.05, 0.1) is 25.9 Å². The zero-order valence-electron chi connectivity index (χ0n) is 12.9. The van der Waals surface area contributed by atoms with E-state index in [1.165, 1.54) is 0 Å². The van der Waals surface area contributed by atoms with E-state index in [0.717, 1.165) is 16.7 Å². The molecular formula is C13H19F3N4O2S. The third kappa shape index (κ3) is 5.05. The summed E-state index contributed by atoms with van der Waals surface area (Å²) in [5, 5.41) is 4.42. The van der Waals surface area contributed by atoms with E-state index in [-0.39, 0.29) is 12.6 Å². The first-order valence-electron chi connectivity index (χ1n) is 7.01. The number of methoxy groups -OCH3 is 1. The van der Waals surface area contributed by atoms with E-state index in [1.54, 1.807) is 14.2 Å². The van der Waals surface area contributed by atoms with Crippen LogP contribution in [0.2, 0.25) is 0 Å². The monoisotopic (exact) mass is 352 g/mol. The van der Waals surface area contributed by atoms with Crippen LogP contribution >= 0.6 is 11.3 Å². The van der Waals surface area contributed by atoms with Gasteiger partial charge in [0.15, 0.2) is 11.7 Å². The van der Waals surface area contributed by atoms with Gasteiger partial charge in [-0.25, -0.2) is 4.98 Å². The molecule has 1 aliphatic rings. The molecule has 1 aliphatic heterocycles. The number of thiazole rings is 1. The maximum Gasteiger partial charge on any atom is 0.434 e. The third-order valence-electron chi connectivity index (χ3n) is 3.24. The highest BCUT2D eigenvalue weighted by atomic mass is 32.1. The van der Waals surface area contributed by atoms with E-state index in [4.69, 9.17) is 9.47 Å². The smallest absolute Gasteiger partial charge is 0.382 e. The minimum absolute atomic E-state index is 0.0519. The van der Waals surface area contributed by atoms with E-state index < -0.39 is 11.9 Å². The van der Waals surface area contributed by atoms with Crippen molar-refractivity contribution in [1.82, 2.24) is 15.2 Å². The Bertz CT molecular complexity index is 534. The van der Waals surface area contributed by atoms with Crippen molar-refractivity contribution in [3.8, 4) is 0 Å². The van der Waals surface area contributed by atoms with Crippen molar-refractivity contribution in [3.05, 3.63) is 16.1 Å². The number of halogens is 3. The molecule has 10 heteroatoms. The highest BCUT2D eigenvalue weighted by Gasteiger charge is 2.33. The first-order chi connectivity index (χ1) is 10.9. The quantitative estimate of drug-likeness (QED) is 0.659. The second kappa shape index (κ2) is 7.93. The van der Waals surface area contributed by atoms with Gasteiger partial charge >= 0.3 is 6.18 Å². The van der Waals surface area contributed by atoms with Gasteiger partial charge in [0.2, 0.25) is 0 Å². The highest BCUT2D eigenvalue weighted by molar-refractivity contribution is 7.09. The second-order valence-corrected chi connectivity index (χ2v) is 5.86. The largest absolute Gasteiger partial charge is 0.434 e. The fraction of sp³-hybridized carbons (Fsp3) is 0.692. The Morgan fingerprint density at radius 2 is 2.39 bits per heavy atom. The lowest BCUT2D eigenvalue weighted by molar-refractivity contribution is -0.140. The molecule has 1 N–H and O–H groups in total. The number of alkyl halides is 3. The lowest BCUT2D eigenvalue weighted by Gasteiger charge is -2.34.